The molecule has 0 aliphatic carbocycles. The first kappa shape index (κ1) is 17.1. The number of rotatable bonds is 6. The number of likely N-dealkylation sites (tertiary alicyclic amines) is 1. The predicted octanol–water partition coefficient (Wildman–Crippen LogP) is 1.53. The first-order chi connectivity index (χ1) is 11.0. The second kappa shape index (κ2) is 7.85. The van der Waals surface area contributed by atoms with Crippen molar-refractivity contribution < 1.29 is 14.3 Å². The molecule has 1 atom stereocenters. The number of nitrogens with two attached hydrogens (primary N) is 1. The minimum absolute atomic E-state index is 0.131. The zero-order valence-electron chi connectivity index (χ0n) is 13.7. The molecule has 1 aliphatic rings. The first-order valence-electron chi connectivity index (χ1n) is 8.03. The molecule has 1 aromatic rings. The molecule has 1 fully saturated rings. The Kier molecular flexibility index (Phi) is 5.84. The predicted molar refractivity (Wildman–Crippen MR) is 88.2 cm³/mol. The van der Waals surface area contributed by atoms with Crippen LogP contribution in [0.3, 0.4) is 0 Å². The van der Waals surface area contributed by atoms with E-state index in [-0.39, 0.29) is 24.0 Å². The van der Waals surface area contributed by atoms with E-state index in [1.807, 2.05) is 38.1 Å². The van der Waals surface area contributed by atoms with Crippen molar-refractivity contribution >= 4 is 11.9 Å². The molecule has 1 saturated heterocycles. The summed E-state index contributed by atoms with van der Waals surface area (Å²) in [6.45, 7) is 5.54. The van der Waals surface area contributed by atoms with E-state index in [4.69, 9.17) is 10.5 Å². The van der Waals surface area contributed by atoms with E-state index >= 15 is 0 Å². The van der Waals surface area contributed by atoms with Crippen LogP contribution in [0.25, 0.3) is 0 Å². The van der Waals surface area contributed by atoms with Gasteiger partial charge in [0.15, 0.2) is 0 Å². The van der Waals surface area contributed by atoms with Crippen molar-refractivity contribution in [1.82, 2.24) is 10.2 Å². The molecule has 0 saturated carbocycles. The molecule has 1 unspecified atom stereocenters. The van der Waals surface area contributed by atoms with E-state index in [0.717, 1.165) is 17.7 Å². The molecule has 3 amide bonds. The molecule has 6 heteroatoms. The summed E-state index contributed by atoms with van der Waals surface area (Å²) in [6, 6.07) is 7.75. The number of hydrogen-bond acceptors (Lipinski definition) is 3. The Morgan fingerprint density at radius 2 is 2.04 bits per heavy atom. The molecule has 6 nitrogen and oxygen atoms in total. The van der Waals surface area contributed by atoms with Crippen LogP contribution >= 0.6 is 0 Å². The summed E-state index contributed by atoms with van der Waals surface area (Å²) in [4.78, 5) is 24.8. The zero-order valence-corrected chi connectivity index (χ0v) is 13.7. The number of urea groups is 1. The van der Waals surface area contributed by atoms with Crippen LogP contribution in [0, 0.1) is 5.92 Å². The summed E-state index contributed by atoms with van der Waals surface area (Å²) in [5.41, 5.74) is 6.41. The molecular formula is C17H25N3O3. The molecule has 1 aromatic carbocycles. The molecule has 0 spiro atoms. The minimum atomic E-state index is -0.330. The number of carbonyl (C=O) groups excluding carboxylic acids is 2. The Balaban J connectivity index is 1.72. The van der Waals surface area contributed by atoms with E-state index < -0.39 is 0 Å². The number of nitrogens with one attached hydrogen (secondary N) is 1. The van der Waals surface area contributed by atoms with Gasteiger partial charge in [-0.3, -0.25) is 4.79 Å². The standard InChI is InChI=1S/C17H25N3O3/c1-12(2)23-15-5-3-13(4-6-15)7-9-19-17(22)20-10-8-14(11-20)16(18)21/h3-6,12,14H,7-11H2,1-2H3,(H2,18,21)(H,19,22). The molecule has 2 rings (SSSR count). The molecule has 0 bridgehead atoms. The number of hydrogen-bond donors (Lipinski definition) is 2. The van der Waals surface area contributed by atoms with Gasteiger partial charge in [-0.25, -0.2) is 4.79 Å². The quantitative estimate of drug-likeness (QED) is 0.834. The average Bonchev–Trinajstić information content (AvgIpc) is 2.98. The number of ether oxygens (including phenoxy) is 1. The SMILES string of the molecule is CC(C)Oc1ccc(CCNC(=O)N2CCC(C(N)=O)C2)cc1. The van der Waals surface area contributed by atoms with Gasteiger partial charge in [0.05, 0.1) is 12.0 Å². The van der Waals surface area contributed by atoms with Crippen molar-refractivity contribution in [2.24, 2.45) is 11.7 Å². The van der Waals surface area contributed by atoms with Crippen LogP contribution in [0.1, 0.15) is 25.8 Å². The molecular weight excluding hydrogens is 294 g/mol. The maximum absolute atomic E-state index is 12.0. The lowest BCUT2D eigenvalue weighted by Gasteiger charge is -2.17. The Bertz CT molecular complexity index is 543. The van der Waals surface area contributed by atoms with Gasteiger partial charge in [-0.2, -0.15) is 0 Å². The fourth-order valence-corrected chi connectivity index (χ4v) is 2.61. The van der Waals surface area contributed by atoms with Gasteiger partial charge in [0.1, 0.15) is 5.75 Å². The van der Waals surface area contributed by atoms with Gasteiger partial charge >= 0.3 is 6.03 Å². The smallest absolute Gasteiger partial charge is 0.317 e. The van der Waals surface area contributed by atoms with Crippen LogP contribution in [-0.4, -0.2) is 42.6 Å². The fraction of sp³-hybridized carbons (Fsp3) is 0.529. The lowest BCUT2D eigenvalue weighted by atomic mass is 10.1. The lowest BCUT2D eigenvalue weighted by Crippen LogP contribution is -2.40. The highest BCUT2D eigenvalue weighted by molar-refractivity contribution is 5.80. The molecule has 3 N–H and O–H groups in total. The van der Waals surface area contributed by atoms with Crippen molar-refractivity contribution in [2.45, 2.75) is 32.8 Å². The summed E-state index contributed by atoms with van der Waals surface area (Å²) in [5, 5.41) is 2.88. The number of benzene rings is 1. The molecule has 1 aliphatic heterocycles. The highest BCUT2D eigenvalue weighted by Crippen LogP contribution is 2.16. The van der Waals surface area contributed by atoms with E-state index in [1.54, 1.807) is 4.90 Å². The fourth-order valence-electron chi connectivity index (χ4n) is 2.61. The minimum Gasteiger partial charge on any atom is -0.491 e. The maximum Gasteiger partial charge on any atom is 0.317 e. The van der Waals surface area contributed by atoms with Crippen LogP contribution in [0.5, 0.6) is 5.75 Å². The Morgan fingerprint density at radius 3 is 2.61 bits per heavy atom. The van der Waals surface area contributed by atoms with Crippen molar-refractivity contribution in [3.8, 4) is 5.75 Å². The van der Waals surface area contributed by atoms with E-state index in [0.29, 0.717) is 26.1 Å². The van der Waals surface area contributed by atoms with Gasteiger partial charge in [-0.15, -0.1) is 0 Å². The van der Waals surface area contributed by atoms with Gasteiger partial charge in [0, 0.05) is 19.6 Å². The third kappa shape index (κ3) is 5.16. The summed E-state index contributed by atoms with van der Waals surface area (Å²) in [7, 11) is 0. The van der Waals surface area contributed by atoms with Crippen LogP contribution in [-0.2, 0) is 11.2 Å². The van der Waals surface area contributed by atoms with Gasteiger partial charge in [-0.1, -0.05) is 12.1 Å². The number of nitrogens with zero attached hydrogens (tertiary/aromatic N) is 1. The van der Waals surface area contributed by atoms with Crippen molar-refractivity contribution in [3.63, 3.8) is 0 Å². The highest BCUT2D eigenvalue weighted by Gasteiger charge is 2.29. The number of carbonyl (C=O) groups is 2. The van der Waals surface area contributed by atoms with Crippen molar-refractivity contribution in [1.29, 1.82) is 0 Å². The Hall–Kier alpha value is -2.24. The molecule has 126 valence electrons. The summed E-state index contributed by atoms with van der Waals surface area (Å²) < 4.78 is 5.59. The number of amides is 3. The second-order valence-corrected chi connectivity index (χ2v) is 6.13. The van der Waals surface area contributed by atoms with Crippen LogP contribution in [0.2, 0.25) is 0 Å². The lowest BCUT2D eigenvalue weighted by molar-refractivity contribution is -0.121. The van der Waals surface area contributed by atoms with E-state index in [1.165, 1.54) is 0 Å². The summed E-state index contributed by atoms with van der Waals surface area (Å²) >= 11 is 0. The van der Waals surface area contributed by atoms with E-state index in [2.05, 4.69) is 5.32 Å². The largest absolute Gasteiger partial charge is 0.491 e. The van der Waals surface area contributed by atoms with Gasteiger partial charge < -0.3 is 20.7 Å². The first-order valence-corrected chi connectivity index (χ1v) is 8.03. The third-order valence-electron chi connectivity index (χ3n) is 3.86. The van der Waals surface area contributed by atoms with Gasteiger partial charge in [-0.05, 0) is 44.4 Å². The Labute approximate surface area is 137 Å². The second-order valence-electron chi connectivity index (χ2n) is 6.13. The Morgan fingerprint density at radius 1 is 1.35 bits per heavy atom. The molecule has 0 radical (unpaired) electrons. The highest BCUT2D eigenvalue weighted by atomic mass is 16.5. The molecule has 0 aromatic heterocycles. The van der Waals surface area contributed by atoms with E-state index in [9.17, 15) is 9.59 Å². The van der Waals surface area contributed by atoms with Crippen molar-refractivity contribution in [3.05, 3.63) is 29.8 Å². The summed E-state index contributed by atoms with van der Waals surface area (Å²) in [5.74, 6) is 0.306. The topological polar surface area (TPSA) is 84.7 Å². The summed E-state index contributed by atoms with van der Waals surface area (Å²) in [6.07, 6.45) is 1.56. The number of primary amides is 1. The normalized spacial score (nSPS) is 17.3. The molecule has 23 heavy (non-hydrogen) atoms. The van der Waals surface area contributed by atoms with Gasteiger partial charge in [0.2, 0.25) is 5.91 Å². The van der Waals surface area contributed by atoms with Crippen LogP contribution < -0.4 is 15.8 Å². The third-order valence-corrected chi connectivity index (χ3v) is 3.86. The monoisotopic (exact) mass is 319 g/mol. The van der Waals surface area contributed by atoms with Crippen LogP contribution in [0.15, 0.2) is 24.3 Å². The van der Waals surface area contributed by atoms with Crippen molar-refractivity contribution in [2.75, 3.05) is 19.6 Å². The van der Waals surface area contributed by atoms with Crippen LogP contribution in [0.4, 0.5) is 4.79 Å². The zero-order chi connectivity index (χ0) is 16.8. The maximum atomic E-state index is 12.0. The van der Waals surface area contributed by atoms with Gasteiger partial charge in [0.25, 0.3) is 0 Å². The average molecular weight is 319 g/mol. The molecule has 1 heterocycles.